The van der Waals surface area contributed by atoms with Gasteiger partial charge in [0.05, 0.1) is 0 Å². The maximum absolute atomic E-state index is 11.5. The first-order valence-electron chi connectivity index (χ1n) is 5.91. The molecule has 1 fully saturated rings. The number of hydrogen-bond donors (Lipinski definition) is 1. The summed E-state index contributed by atoms with van der Waals surface area (Å²) < 4.78 is 0. The monoisotopic (exact) mass is 326 g/mol. The number of likely N-dealkylation sites (tertiary alicyclic amines) is 1. The third-order valence-electron chi connectivity index (χ3n) is 3.37. The van der Waals surface area contributed by atoms with Crippen LogP contribution in [0.1, 0.15) is 27.2 Å². The number of carbonyl (C=O) groups is 1. The number of rotatable bonds is 5. The first kappa shape index (κ1) is 18.1. The molecule has 0 aliphatic carbocycles. The third-order valence-corrected chi connectivity index (χ3v) is 3.37. The largest absolute Gasteiger partial charge is 0.356 e. The Morgan fingerprint density at radius 3 is 2.61 bits per heavy atom. The van der Waals surface area contributed by atoms with Crippen molar-refractivity contribution in [3.8, 4) is 12.5 Å². The Labute approximate surface area is 135 Å². The molecule has 1 saturated heterocycles. The van der Waals surface area contributed by atoms with Crippen LogP contribution in [0.3, 0.4) is 0 Å². The van der Waals surface area contributed by atoms with E-state index in [1.807, 2.05) is 7.05 Å². The number of nitrogens with zero attached hydrogens (tertiary/aromatic N) is 1. The summed E-state index contributed by atoms with van der Waals surface area (Å²) in [6.07, 6.45) is 10.1. The van der Waals surface area contributed by atoms with Gasteiger partial charge in [0.2, 0.25) is 0 Å². The number of hydrogen-bond acceptors (Lipinski definition) is 4. The molecule has 1 aliphatic heterocycles. The second-order valence-electron chi connectivity index (χ2n) is 4.86. The van der Waals surface area contributed by atoms with Gasteiger partial charge in [-0.25, -0.2) is 0 Å². The van der Waals surface area contributed by atoms with Gasteiger partial charge < -0.3 is 16.2 Å². The second-order valence-corrected chi connectivity index (χ2v) is 4.86. The summed E-state index contributed by atoms with van der Waals surface area (Å²) in [5.41, 5.74) is 2.88. The molecule has 1 radical (unpaired) electrons. The predicted molar refractivity (Wildman–Crippen MR) is 66.6 cm³/mol. The van der Waals surface area contributed by atoms with E-state index in [0.717, 1.165) is 6.42 Å². The first-order chi connectivity index (χ1) is 7.99. The second kappa shape index (κ2) is 8.27. The van der Waals surface area contributed by atoms with Crippen LogP contribution in [-0.4, -0.2) is 35.9 Å². The number of hydroxylamine groups is 1. The van der Waals surface area contributed by atoms with Gasteiger partial charge in [-0.15, -0.1) is 5.48 Å². The van der Waals surface area contributed by atoms with Crippen LogP contribution in [0.15, 0.2) is 0 Å². The molecule has 1 heterocycles. The van der Waals surface area contributed by atoms with Gasteiger partial charge in [0.25, 0.3) is 0 Å². The van der Waals surface area contributed by atoms with Crippen LogP contribution in [0.2, 0.25) is 0 Å². The van der Waals surface area contributed by atoms with Crippen molar-refractivity contribution in [1.29, 1.82) is 0 Å². The van der Waals surface area contributed by atoms with Crippen molar-refractivity contribution in [2.75, 3.05) is 7.05 Å². The molecule has 99 valence electrons. The van der Waals surface area contributed by atoms with Gasteiger partial charge >= 0.3 is 0 Å². The van der Waals surface area contributed by atoms with Crippen molar-refractivity contribution in [3.05, 3.63) is 6.42 Å². The number of Topliss-reactive ketones (excluding diaryl/α,β-unsaturated/α-hetero) is 1. The van der Waals surface area contributed by atoms with Crippen molar-refractivity contribution < 1.29 is 42.3 Å². The van der Waals surface area contributed by atoms with Gasteiger partial charge in [0.1, 0.15) is 11.9 Å². The zero-order valence-electron chi connectivity index (χ0n) is 11.5. The number of carbonyl (C=O) groups excluding carboxylic acids is 1. The third kappa shape index (κ3) is 4.31. The van der Waals surface area contributed by atoms with E-state index in [0.29, 0.717) is 5.92 Å². The minimum atomic E-state index is -0.0196. The SMILES string of the molecule is C#CONC(C(C)C)[C@H]1[CH-]C[C@H](C(C)=O)N1C.[Y]. The Morgan fingerprint density at radius 1 is 1.61 bits per heavy atom. The van der Waals surface area contributed by atoms with E-state index in [4.69, 9.17) is 11.3 Å². The number of likely N-dealkylation sites (N-methyl/N-ethyl adjacent to an activating group) is 1. The van der Waals surface area contributed by atoms with E-state index >= 15 is 0 Å². The quantitative estimate of drug-likeness (QED) is 0.465. The molecule has 0 aromatic rings. The fourth-order valence-electron chi connectivity index (χ4n) is 2.36. The Kier molecular flexibility index (Phi) is 8.29. The molecular weight excluding hydrogens is 305 g/mol. The molecule has 1 N–H and O–H groups in total. The summed E-state index contributed by atoms with van der Waals surface area (Å²) in [6, 6.07) is 0.228. The Morgan fingerprint density at radius 2 is 2.22 bits per heavy atom. The summed E-state index contributed by atoms with van der Waals surface area (Å²) in [4.78, 5) is 18.4. The van der Waals surface area contributed by atoms with Gasteiger partial charge in [-0.05, 0) is 19.9 Å². The topological polar surface area (TPSA) is 41.6 Å². The van der Waals surface area contributed by atoms with Crippen molar-refractivity contribution in [2.45, 2.75) is 45.3 Å². The number of nitrogens with one attached hydrogen (secondary N) is 1. The normalized spacial score (nSPS) is 25.3. The summed E-state index contributed by atoms with van der Waals surface area (Å²) in [6.45, 7) is 5.83. The molecule has 0 saturated carbocycles. The summed E-state index contributed by atoms with van der Waals surface area (Å²) >= 11 is 0. The molecule has 0 spiro atoms. The van der Waals surface area contributed by atoms with Crippen LogP contribution < -0.4 is 5.48 Å². The Bertz CT molecular complexity index is 315. The van der Waals surface area contributed by atoms with E-state index in [1.54, 1.807) is 6.92 Å². The van der Waals surface area contributed by atoms with Crippen LogP contribution >= 0.6 is 0 Å². The van der Waals surface area contributed by atoms with Crippen molar-refractivity contribution in [2.24, 2.45) is 5.92 Å². The van der Waals surface area contributed by atoms with Crippen LogP contribution in [0, 0.1) is 24.9 Å². The van der Waals surface area contributed by atoms with E-state index in [2.05, 4.69) is 36.8 Å². The zero-order chi connectivity index (χ0) is 13.0. The van der Waals surface area contributed by atoms with E-state index in [1.165, 1.54) is 0 Å². The van der Waals surface area contributed by atoms with Gasteiger partial charge in [-0.1, -0.05) is 26.3 Å². The molecule has 1 unspecified atom stereocenters. The van der Waals surface area contributed by atoms with E-state index in [-0.39, 0.29) is 56.6 Å². The molecular formula is C13H21N2O2Y-. The molecule has 5 heteroatoms. The minimum absolute atomic E-state index is 0. The summed E-state index contributed by atoms with van der Waals surface area (Å²) in [7, 11) is 1.97. The molecule has 3 atom stereocenters. The smallest absolute Gasteiger partial charge is 0.144 e. The van der Waals surface area contributed by atoms with Gasteiger partial charge in [0, 0.05) is 44.8 Å². The number of ketones is 1. The summed E-state index contributed by atoms with van der Waals surface area (Å²) in [5.74, 6) is 0.560. The van der Waals surface area contributed by atoms with Crippen LogP contribution in [-0.2, 0) is 42.3 Å². The molecule has 1 rings (SSSR count). The van der Waals surface area contributed by atoms with Crippen molar-refractivity contribution in [1.82, 2.24) is 10.4 Å². The van der Waals surface area contributed by atoms with Gasteiger partial charge in [-0.3, -0.25) is 4.79 Å². The average Bonchev–Trinajstić information content (AvgIpc) is 2.61. The van der Waals surface area contributed by atoms with Crippen LogP contribution in [0.5, 0.6) is 0 Å². The van der Waals surface area contributed by atoms with Gasteiger partial charge in [0.15, 0.2) is 0 Å². The Hall–Kier alpha value is 0.0539. The van der Waals surface area contributed by atoms with Crippen molar-refractivity contribution >= 4 is 5.78 Å². The number of terminal acetylenes is 1. The maximum Gasteiger partial charge on any atom is 0.144 e. The van der Waals surface area contributed by atoms with Crippen molar-refractivity contribution in [3.63, 3.8) is 0 Å². The Balaban J connectivity index is 0.00000289. The zero-order valence-corrected chi connectivity index (χ0v) is 14.4. The predicted octanol–water partition coefficient (Wildman–Crippen LogP) is 0.986. The molecule has 1 aliphatic rings. The molecule has 0 aromatic heterocycles. The standard InChI is InChI=1S/C13H21N2O2.Y/c1-6-17-14-13(9(2)3)12-8-7-11(10(4)16)15(12)5;/h1,8-9,11-14H,7H2,2-5H3;/q-1;/t11-,12-,13?;/m1./s1. The first-order valence-corrected chi connectivity index (χ1v) is 5.91. The minimum Gasteiger partial charge on any atom is -0.356 e. The molecule has 0 aromatic carbocycles. The van der Waals surface area contributed by atoms with E-state index < -0.39 is 0 Å². The molecule has 0 amide bonds. The van der Waals surface area contributed by atoms with Crippen LogP contribution in [0.25, 0.3) is 0 Å². The molecule has 18 heavy (non-hydrogen) atoms. The molecule has 4 nitrogen and oxygen atoms in total. The summed E-state index contributed by atoms with van der Waals surface area (Å²) in [5, 5.41) is 0. The molecule has 0 bridgehead atoms. The van der Waals surface area contributed by atoms with E-state index in [9.17, 15) is 4.79 Å². The van der Waals surface area contributed by atoms with Gasteiger partial charge in [-0.2, -0.15) is 6.42 Å². The average molecular weight is 326 g/mol. The fourth-order valence-corrected chi connectivity index (χ4v) is 2.36. The fraction of sp³-hybridized carbons (Fsp3) is 0.692. The van der Waals surface area contributed by atoms with Crippen LogP contribution in [0.4, 0.5) is 0 Å². The maximum atomic E-state index is 11.5.